The van der Waals surface area contributed by atoms with E-state index in [2.05, 4.69) is 4.42 Å². The highest BCUT2D eigenvalue weighted by Gasteiger charge is 2.01. The number of aromatic nitrogens is 1. The zero-order valence-corrected chi connectivity index (χ0v) is 6.61. The van der Waals surface area contributed by atoms with Crippen molar-refractivity contribution in [2.24, 2.45) is 0 Å². The van der Waals surface area contributed by atoms with Crippen LogP contribution in [0.1, 0.15) is 0 Å². The van der Waals surface area contributed by atoms with Crippen molar-refractivity contribution in [2.75, 3.05) is 0 Å². The average Bonchev–Trinajstić information content (AvgIpc) is 2.51. The molecule has 2 aromatic rings. The molecular formula is C9H6FNO2. The molecule has 1 aromatic carbocycles. The summed E-state index contributed by atoms with van der Waals surface area (Å²) in [7, 11) is 0. The van der Waals surface area contributed by atoms with Crippen molar-refractivity contribution in [3.63, 3.8) is 0 Å². The summed E-state index contributed by atoms with van der Waals surface area (Å²) in [4.78, 5) is 11.0. The molecule has 13 heavy (non-hydrogen) atoms. The van der Waals surface area contributed by atoms with Gasteiger partial charge < -0.3 is 4.42 Å². The summed E-state index contributed by atoms with van der Waals surface area (Å²) in [5.41, 5.74) is 0.457. The van der Waals surface area contributed by atoms with Crippen LogP contribution in [0.4, 0.5) is 4.39 Å². The van der Waals surface area contributed by atoms with Gasteiger partial charge in [-0.15, -0.1) is 0 Å². The normalized spacial score (nSPS) is 10.2. The maximum absolute atomic E-state index is 12.7. The standard InChI is InChI=1S/C9H6FNO2/c10-7-2-1-3-8(6-7)11-4-5-13-9(11)12/h1-6H. The predicted octanol–water partition coefficient (Wildman–Crippen LogP) is 1.57. The van der Waals surface area contributed by atoms with Gasteiger partial charge in [-0.3, -0.25) is 0 Å². The van der Waals surface area contributed by atoms with Crippen LogP contribution >= 0.6 is 0 Å². The number of halogens is 1. The third-order valence-electron chi connectivity index (χ3n) is 1.66. The molecule has 0 saturated carbocycles. The van der Waals surface area contributed by atoms with Gasteiger partial charge in [0.25, 0.3) is 0 Å². The number of benzene rings is 1. The first-order valence-corrected chi connectivity index (χ1v) is 3.69. The highest BCUT2D eigenvalue weighted by atomic mass is 19.1. The highest BCUT2D eigenvalue weighted by molar-refractivity contribution is 5.31. The Balaban J connectivity index is 2.59. The Morgan fingerprint density at radius 1 is 1.38 bits per heavy atom. The van der Waals surface area contributed by atoms with E-state index in [9.17, 15) is 9.18 Å². The molecule has 66 valence electrons. The fraction of sp³-hybridized carbons (Fsp3) is 0. The molecule has 0 amide bonds. The molecule has 0 N–H and O–H groups in total. The van der Waals surface area contributed by atoms with E-state index in [0.717, 1.165) is 0 Å². The highest BCUT2D eigenvalue weighted by Crippen LogP contribution is 2.06. The Morgan fingerprint density at radius 3 is 2.85 bits per heavy atom. The Kier molecular flexibility index (Phi) is 1.73. The van der Waals surface area contributed by atoms with Gasteiger partial charge in [0.05, 0.1) is 11.9 Å². The van der Waals surface area contributed by atoms with E-state index in [0.29, 0.717) is 5.69 Å². The maximum atomic E-state index is 12.7. The molecule has 0 saturated heterocycles. The van der Waals surface area contributed by atoms with Gasteiger partial charge in [-0.05, 0) is 18.2 Å². The summed E-state index contributed by atoms with van der Waals surface area (Å²) in [6.07, 6.45) is 2.70. The molecule has 0 radical (unpaired) electrons. The Bertz CT molecular complexity index is 472. The Morgan fingerprint density at radius 2 is 2.23 bits per heavy atom. The fourth-order valence-corrected chi connectivity index (χ4v) is 1.08. The second kappa shape index (κ2) is 2.90. The molecule has 3 nitrogen and oxygen atoms in total. The van der Waals surface area contributed by atoms with Crippen LogP contribution in [0.15, 0.2) is 45.9 Å². The third kappa shape index (κ3) is 1.38. The lowest BCUT2D eigenvalue weighted by Gasteiger charge is -1.98. The Labute approximate surface area is 73.0 Å². The molecule has 0 aliphatic heterocycles. The second-order valence-electron chi connectivity index (χ2n) is 2.52. The fourth-order valence-electron chi connectivity index (χ4n) is 1.08. The van der Waals surface area contributed by atoms with Gasteiger partial charge in [0, 0.05) is 0 Å². The van der Waals surface area contributed by atoms with Gasteiger partial charge in [0.15, 0.2) is 0 Å². The molecule has 0 aliphatic rings. The van der Waals surface area contributed by atoms with Crippen molar-refractivity contribution in [2.45, 2.75) is 0 Å². The largest absolute Gasteiger partial charge is 0.423 e. The first-order valence-electron chi connectivity index (χ1n) is 3.69. The first-order chi connectivity index (χ1) is 6.27. The van der Waals surface area contributed by atoms with E-state index in [1.165, 1.54) is 35.2 Å². The first kappa shape index (κ1) is 7.79. The van der Waals surface area contributed by atoms with Crippen LogP contribution < -0.4 is 5.76 Å². The van der Waals surface area contributed by atoms with Crippen molar-refractivity contribution < 1.29 is 8.81 Å². The summed E-state index contributed by atoms with van der Waals surface area (Å²) in [6, 6.07) is 5.73. The predicted molar refractivity (Wildman–Crippen MR) is 44.3 cm³/mol. The summed E-state index contributed by atoms with van der Waals surface area (Å²) in [5, 5.41) is 0. The summed E-state index contributed by atoms with van der Waals surface area (Å²) in [6.45, 7) is 0. The van der Waals surface area contributed by atoms with Crippen LogP contribution in [0.2, 0.25) is 0 Å². The van der Waals surface area contributed by atoms with Gasteiger partial charge in [-0.25, -0.2) is 13.8 Å². The van der Waals surface area contributed by atoms with E-state index in [1.807, 2.05) is 0 Å². The number of hydrogen-bond donors (Lipinski definition) is 0. The minimum Gasteiger partial charge on any atom is -0.416 e. The van der Waals surface area contributed by atoms with Crippen molar-refractivity contribution >= 4 is 0 Å². The monoisotopic (exact) mass is 179 g/mol. The number of nitrogens with zero attached hydrogens (tertiary/aromatic N) is 1. The molecule has 1 heterocycles. The lowest BCUT2D eigenvalue weighted by Crippen LogP contribution is -2.10. The molecule has 0 aliphatic carbocycles. The smallest absolute Gasteiger partial charge is 0.416 e. The molecule has 0 spiro atoms. The molecular weight excluding hydrogens is 173 g/mol. The number of rotatable bonds is 1. The third-order valence-corrected chi connectivity index (χ3v) is 1.66. The number of hydrogen-bond acceptors (Lipinski definition) is 2. The zero-order valence-electron chi connectivity index (χ0n) is 6.61. The molecule has 1 aromatic heterocycles. The van der Waals surface area contributed by atoms with Gasteiger partial charge in [0.1, 0.15) is 12.1 Å². The molecule has 2 rings (SSSR count). The summed E-state index contributed by atoms with van der Waals surface area (Å²) in [5.74, 6) is -0.906. The topological polar surface area (TPSA) is 35.1 Å². The number of oxazole rings is 1. The van der Waals surface area contributed by atoms with Gasteiger partial charge in [-0.1, -0.05) is 6.07 Å². The van der Waals surface area contributed by atoms with Crippen molar-refractivity contribution in [1.29, 1.82) is 0 Å². The second-order valence-corrected chi connectivity index (χ2v) is 2.52. The van der Waals surface area contributed by atoms with E-state index in [-0.39, 0.29) is 5.82 Å². The van der Waals surface area contributed by atoms with E-state index < -0.39 is 5.76 Å². The van der Waals surface area contributed by atoms with E-state index in [4.69, 9.17) is 0 Å². The lowest BCUT2D eigenvalue weighted by molar-refractivity contribution is 0.503. The van der Waals surface area contributed by atoms with Crippen molar-refractivity contribution in [3.8, 4) is 5.69 Å². The van der Waals surface area contributed by atoms with Crippen molar-refractivity contribution in [1.82, 2.24) is 4.57 Å². The van der Waals surface area contributed by atoms with E-state index >= 15 is 0 Å². The quantitative estimate of drug-likeness (QED) is 0.666. The lowest BCUT2D eigenvalue weighted by atomic mass is 10.3. The van der Waals surface area contributed by atoms with Crippen LogP contribution in [0.25, 0.3) is 5.69 Å². The summed E-state index contributed by atoms with van der Waals surface area (Å²) >= 11 is 0. The van der Waals surface area contributed by atoms with Crippen LogP contribution in [-0.2, 0) is 0 Å². The van der Waals surface area contributed by atoms with Crippen LogP contribution in [0.3, 0.4) is 0 Å². The van der Waals surface area contributed by atoms with Crippen LogP contribution in [0, 0.1) is 5.82 Å². The molecule has 0 unspecified atom stereocenters. The van der Waals surface area contributed by atoms with Crippen LogP contribution in [0.5, 0.6) is 0 Å². The van der Waals surface area contributed by atoms with Gasteiger partial charge >= 0.3 is 5.76 Å². The maximum Gasteiger partial charge on any atom is 0.423 e. The van der Waals surface area contributed by atoms with Gasteiger partial charge in [0.2, 0.25) is 0 Å². The molecule has 0 fully saturated rings. The van der Waals surface area contributed by atoms with Gasteiger partial charge in [-0.2, -0.15) is 0 Å². The SMILES string of the molecule is O=c1occn1-c1cccc(F)c1. The molecule has 0 atom stereocenters. The summed E-state index contributed by atoms with van der Waals surface area (Å²) < 4.78 is 18.5. The zero-order chi connectivity index (χ0) is 9.26. The molecule has 4 heteroatoms. The minimum absolute atomic E-state index is 0.384. The van der Waals surface area contributed by atoms with E-state index in [1.54, 1.807) is 6.07 Å². The minimum atomic E-state index is -0.523. The van der Waals surface area contributed by atoms with Crippen molar-refractivity contribution in [3.05, 3.63) is 53.1 Å². The molecule has 0 bridgehead atoms. The van der Waals surface area contributed by atoms with Crippen LogP contribution in [-0.4, -0.2) is 4.57 Å². The average molecular weight is 179 g/mol. The Hall–Kier alpha value is -1.84.